The molecule has 1 saturated heterocycles. The number of H-pyrrole nitrogens is 1. The lowest BCUT2D eigenvalue weighted by molar-refractivity contribution is 0.447. The van der Waals surface area contributed by atoms with Crippen molar-refractivity contribution in [1.29, 1.82) is 5.26 Å². The summed E-state index contributed by atoms with van der Waals surface area (Å²) in [5, 5.41) is 15.6. The van der Waals surface area contributed by atoms with Crippen molar-refractivity contribution < 1.29 is 4.39 Å². The maximum absolute atomic E-state index is 15.6. The summed E-state index contributed by atoms with van der Waals surface area (Å²) in [6.07, 6.45) is 3.22. The molecule has 5 rings (SSSR count). The topological polar surface area (TPSA) is 104 Å². The molecule has 0 saturated carbocycles. The molecule has 9 heteroatoms. The van der Waals surface area contributed by atoms with Crippen molar-refractivity contribution >= 4 is 28.1 Å². The van der Waals surface area contributed by atoms with Gasteiger partial charge in [0.05, 0.1) is 33.7 Å². The highest BCUT2D eigenvalue weighted by Gasteiger charge is 2.30. The van der Waals surface area contributed by atoms with Gasteiger partial charge in [-0.3, -0.25) is 9.48 Å². The summed E-state index contributed by atoms with van der Waals surface area (Å²) >= 11 is 6.32. The third kappa shape index (κ3) is 3.36. The van der Waals surface area contributed by atoms with Crippen molar-refractivity contribution in [2.75, 3.05) is 18.0 Å². The van der Waals surface area contributed by atoms with Gasteiger partial charge in [-0.2, -0.15) is 10.4 Å². The maximum Gasteiger partial charge on any atom is 0.255 e. The van der Waals surface area contributed by atoms with Crippen LogP contribution < -0.4 is 16.2 Å². The second-order valence-corrected chi connectivity index (χ2v) is 9.11. The quantitative estimate of drug-likeness (QED) is 0.460. The Balaban J connectivity index is 1.76. The number of rotatable bonds is 4. The van der Waals surface area contributed by atoms with Crippen LogP contribution in [0.3, 0.4) is 0 Å². The lowest BCUT2D eigenvalue weighted by Gasteiger charge is -2.40. The molecule has 7 nitrogen and oxygen atoms in total. The minimum atomic E-state index is -0.666. The van der Waals surface area contributed by atoms with Crippen LogP contribution in [0.4, 0.5) is 10.1 Å². The van der Waals surface area contributed by atoms with E-state index >= 15 is 4.39 Å². The van der Waals surface area contributed by atoms with Crippen LogP contribution in [0.25, 0.3) is 33.2 Å². The number of hydrogen-bond acceptors (Lipinski definition) is 5. The van der Waals surface area contributed by atoms with E-state index in [4.69, 9.17) is 17.3 Å². The molecule has 0 atom stereocenters. The number of aryl methyl sites for hydroxylation is 1. The van der Waals surface area contributed by atoms with E-state index in [-0.39, 0.29) is 28.3 Å². The summed E-state index contributed by atoms with van der Waals surface area (Å²) in [4.78, 5) is 17.0. The van der Waals surface area contributed by atoms with Crippen LogP contribution in [-0.4, -0.2) is 27.9 Å². The van der Waals surface area contributed by atoms with Gasteiger partial charge in [0.15, 0.2) is 5.82 Å². The van der Waals surface area contributed by atoms with Gasteiger partial charge in [0, 0.05) is 43.8 Å². The molecule has 2 aromatic carbocycles. The molecule has 3 N–H and O–H groups in total. The van der Waals surface area contributed by atoms with Crippen molar-refractivity contribution in [3.8, 4) is 28.5 Å². The van der Waals surface area contributed by atoms with Gasteiger partial charge in [-0.1, -0.05) is 24.6 Å². The molecule has 172 valence electrons. The Morgan fingerprint density at radius 2 is 2.09 bits per heavy atom. The normalized spacial score (nSPS) is 13.8. The lowest BCUT2D eigenvalue weighted by atomic mass is 9.93. The number of halogens is 2. The molecule has 1 aliphatic rings. The van der Waals surface area contributed by atoms with Gasteiger partial charge in [-0.25, -0.2) is 4.39 Å². The van der Waals surface area contributed by atoms with Gasteiger partial charge in [-0.15, -0.1) is 0 Å². The SMILES string of the molecule is CC1CN(c2cc(Cl)c(F)c(-c3c(-c4ccc5c(=O)[nH]cc(CN)c5c4)cnn3C)c2C#N)C1. The van der Waals surface area contributed by atoms with Gasteiger partial charge in [0.25, 0.3) is 5.56 Å². The number of benzene rings is 2. The average Bonchev–Trinajstić information content (AvgIpc) is 3.19. The van der Waals surface area contributed by atoms with Crippen LogP contribution in [0.5, 0.6) is 0 Å². The fourth-order valence-electron chi connectivity index (χ4n) is 4.69. The predicted octanol–water partition coefficient (Wildman–Crippen LogP) is 4.17. The first-order valence-electron chi connectivity index (χ1n) is 10.9. The number of hydrogen-bond donors (Lipinski definition) is 2. The van der Waals surface area contributed by atoms with E-state index in [0.29, 0.717) is 33.6 Å². The molecule has 1 fully saturated rings. The summed E-state index contributed by atoms with van der Waals surface area (Å²) in [5.74, 6) is -0.177. The number of anilines is 1. The molecule has 3 heterocycles. The zero-order chi connectivity index (χ0) is 24.1. The molecule has 0 bridgehead atoms. The number of nitrogens with one attached hydrogen (secondary N) is 1. The molecular formula is C25H22ClFN6O. The van der Waals surface area contributed by atoms with Crippen molar-refractivity contribution in [1.82, 2.24) is 14.8 Å². The van der Waals surface area contributed by atoms with Crippen molar-refractivity contribution in [3.05, 3.63) is 69.0 Å². The number of pyridine rings is 1. The Bertz CT molecular complexity index is 1540. The Kier molecular flexibility index (Phi) is 5.39. The molecule has 0 spiro atoms. The number of nitrogens with two attached hydrogens (primary N) is 1. The van der Waals surface area contributed by atoms with E-state index in [1.54, 1.807) is 36.3 Å². The Morgan fingerprint density at radius 1 is 1.32 bits per heavy atom. The van der Waals surface area contributed by atoms with Gasteiger partial charge < -0.3 is 15.6 Å². The first-order chi connectivity index (χ1) is 16.3. The molecule has 1 aliphatic heterocycles. The van der Waals surface area contributed by atoms with Crippen LogP contribution in [-0.2, 0) is 13.6 Å². The van der Waals surface area contributed by atoms with Gasteiger partial charge in [-0.05, 0) is 40.6 Å². The zero-order valence-electron chi connectivity index (χ0n) is 18.7. The van der Waals surface area contributed by atoms with E-state index in [1.165, 1.54) is 6.07 Å². The van der Waals surface area contributed by atoms with Crippen LogP contribution in [0.1, 0.15) is 18.1 Å². The van der Waals surface area contributed by atoms with Crippen molar-refractivity contribution in [2.24, 2.45) is 18.7 Å². The monoisotopic (exact) mass is 476 g/mol. The molecule has 0 radical (unpaired) electrons. The van der Waals surface area contributed by atoms with E-state index in [0.717, 1.165) is 24.2 Å². The Labute approximate surface area is 200 Å². The van der Waals surface area contributed by atoms with Crippen LogP contribution >= 0.6 is 11.6 Å². The van der Waals surface area contributed by atoms with Gasteiger partial charge in [0.1, 0.15) is 6.07 Å². The number of fused-ring (bicyclic) bond motifs is 1. The Hall–Kier alpha value is -3.67. The lowest BCUT2D eigenvalue weighted by Crippen LogP contribution is -2.45. The molecule has 34 heavy (non-hydrogen) atoms. The highest BCUT2D eigenvalue weighted by atomic mass is 35.5. The van der Waals surface area contributed by atoms with E-state index in [2.05, 4.69) is 23.1 Å². The highest BCUT2D eigenvalue weighted by molar-refractivity contribution is 6.31. The van der Waals surface area contributed by atoms with E-state index in [9.17, 15) is 10.1 Å². The minimum absolute atomic E-state index is 0.0498. The van der Waals surface area contributed by atoms with Crippen LogP contribution in [0, 0.1) is 23.1 Å². The molecule has 4 aromatic rings. The fourth-order valence-corrected chi connectivity index (χ4v) is 4.89. The summed E-state index contributed by atoms with van der Waals surface area (Å²) < 4.78 is 17.1. The Morgan fingerprint density at radius 3 is 2.76 bits per heavy atom. The van der Waals surface area contributed by atoms with Crippen molar-refractivity contribution in [2.45, 2.75) is 13.5 Å². The number of aromatic nitrogens is 3. The second-order valence-electron chi connectivity index (χ2n) is 8.70. The first-order valence-corrected chi connectivity index (χ1v) is 11.3. The number of aromatic amines is 1. The number of nitrogens with zero attached hydrogens (tertiary/aromatic N) is 4. The third-order valence-electron chi connectivity index (χ3n) is 6.41. The highest BCUT2D eigenvalue weighted by Crippen LogP contribution is 2.43. The number of nitriles is 1. The van der Waals surface area contributed by atoms with Gasteiger partial charge >= 0.3 is 0 Å². The minimum Gasteiger partial charge on any atom is -0.370 e. The second kappa shape index (κ2) is 8.28. The van der Waals surface area contributed by atoms with Gasteiger partial charge in [0.2, 0.25) is 0 Å². The van der Waals surface area contributed by atoms with Crippen molar-refractivity contribution in [3.63, 3.8) is 0 Å². The largest absolute Gasteiger partial charge is 0.370 e. The summed E-state index contributed by atoms with van der Waals surface area (Å²) in [5.41, 5.74) is 9.17. The van der Waals surface area contributed by atoms with E-state index < -0.39 is 5.82 Å². The molecule has 0 amide bonds. The third-order valence-corrected chi connectivity index (χ3v) is 6.68. The summed E-state index contributed by atoms with van der Waals surface area (Å²) in [7, 11) is 1.70. The molecular weight excluding hydrogens is 455 g/mol. The summed E-state index contributed by atoms with van der Waals surface area (Å²) in [6.45, 7) is 3.91. The molecule has 0 unspecified atom stereocenters. The zero-order valence-corrected chi connectivity index (χ0v) is 19.4. The average molecular weight is 477 g/mol. The van der Waals surface area contributed by atoms with Crippen LogP contribution in [0.15, 0.2) is 41.5 Å². The standard InChI is InChI=1S/C25H22ClFN6O/c1-13-11-33(12-13)21-6-20(26)23(27)22(18(21)8-29)24-19(10-31-32(24)2)14-3-4-16-17(5-14)15(7-28)9-30-25(16)34/h3-6,9-10,13H,7,11-12,28H2,1-2H3,(H,30,34). The maximum atomic E-state index is 15.6. The molecule has 2 aromatic heterocycles. The fraction of sp³-hybridized carbons (Fsp3) is 0.240. The predicted molar refractivity (Wildman–Crippen MR) is 131 cm³/mol. The first kappa shape index (κ1) is 22.1. The molecule has 0 aliphatic carbocycles. The smallest absolute Gasteiger partial charge is 0.255 e. The van der Waals surface area contributed by atoms with E-state index in [1.807, 2.05) is 11.0 Å². The van der Waals surface area contributed by atoms with Crippen LogP contribution in [0.2, 0.25) is 5.02 Å². The summed E-state index contributed by atoms with van der Waals surface area (Å²) in [6, 6.07) is 9.07.